The molecule has 2 nitrogen and oxygen atoms in total. The summed E-state index contributed by atoms with van der Waals surface area (Å²) in [6.07, 6.45) is 5.00. The molecule has 1 saturated carbocycles. The van der Waals surface area contributed by atoms with Gasteiger partial charge in [0, 0.05) is 5.57 Å². The molecule has 0 bridgehead atoms. The van der Waals surface area contributed by atoms with Gasteiger partial charge in [0.05, 0.1) is 5.56 Å². The summed E-state index contributed by atoms with van der Waals surface area (Å²) in [5, 5.41) is 8.93. The fourth-order valence-electron chi connectivity index (χ4n) is 2.98. The van der Waals surface area contributed by atoms with E-state index < -0.39 is 5.97 Å². The van der Waals surface area contributed by atoms with Crippen molar-refractivity contribution in [2.75, 3.05) is 0 Å². The van der Waals surface area contributed by atoms with Gasteiger partial charge in [-0.2, -0.15) is 0 Å². The van der Waals surface area contributed by atoms with E-state index in [1.165, 1.54) is 25.7 Å². The molecule has 0 heterocycles. The van der Waals surface area contributed by atoms with Crippen molar-refractivity contribution in [1.29, 1.82) is 0 Å². The van der Waals surface area contributed by atoms with Gasteiger partial charge in [0.15, 0.2) is 0 Å². The van der Waals surface area contributed by atoms with Gasteiger partial charge < -0.3 is 5.11 Å². The zero-order valence-electron chi connectivity index (χ0n) is 11.4. The van der Waals surface area contributed by atoms with Crippen molar-refractivity contribution in [2.45, 2.75) is 32.6 Å². The van der Waals surface area contributed by atoms with Crippen molar-refractivity contribution >= 4 is 11.5 Å². The first kappa shape index (κ1) is 13.6. The molecular formula is C17H20O2. The van der Waals surface area contributed by atoms with Crippen LogP contribution in [0.3, 0.4) is 0 Å². The van der Waals surface area contributed by atoms with Crippen LogP contribution in [0.5, 0.6) is 0 Å². The molecule has 19 heavy (non-hydrogen) atoms. The Hall–Kier alpha value is -1.79. The van der Waals surface area contributed by atoms with Gasteiger partial charge in [0.25, 0.3) is 0 Å². The smallest absolute Gasteiger partial charge is 0.335 e. The lowest BCUT2D eigenvalue weighted by Crippen LogP contribution is -2.18. The number of hydrogen-bond acceptors (Lipinski definition) is 1. The van der Waals surface area contributed by atoms with Crippen LogP contribution in [0.15, 0.2) is 36.6 Å². The summed E-state index contributed by atoms with van der Waals surface area (Å²) in [5.41, 5.74) is 5.61. The first-order chi connectivity index (χ1) is 9.13. The Labute approximate surface area is 114 Å². The second-order valence-electron chi connectivity index (χ2n) is 5.34. The third-order valence-electron chi connectivity index (χ3n) is 4.12. The highest BCUT2D eigenvalue weighted by molar-refractivity contribution is 5.88. The van der Waals surface area contributed by atoms with E-state index in [1.807, 2.05) is 12.1 Å². The molecule has 0 radical (unpaired) electrons. The molecule has 2 rings (SSSR count). The summed E-state index contributed by atoms with van der Waals surface area (Å²) in [5.74, 6) is 0.265. The predicted molar refractivity (Wildman–Crippen MR) is 77.1 cm³/mol. The monoisotopic (exact) mass is 256 g/mol. The molecule has 2 atom stereocenters. The van der Waals surface area contributed by atoms with Crippen LogP contribution in [0.25, 0.3) is 5.57 Å². The third-order valence-corrected chi connectivity index (χ3v) is 4.12. The van der Waals surface area contributed by atoms with Crippen LogP contribution in [0, 0.1) is 11.8 Å². The highest BCUT2D eigenvalue weighted by Gasteiger charge is 2.25. The number of benzene rings is 1. The third kappa shape index (κ3) is 2.97. The SMILES string of the molecule is C=C=C(c1ccc(C(=O)O)cc1)C1CCCCC1C. The minimum atomic E-state index is -0.887. The molecule has 0 saturated heterocycles. The van der Waals surface area contributed by atoms with Gasteiger partial charge in [0.2, 0.25) is 0 Å². The Morgan fingerprint density at radius 2 is 1.79 bits per heavy atom. The van der Waals surface area contributed by atoms with E-state index in [4.69, 9.17) is 5.11 Å². The number of carbonyl (C=O) groups is 1. The fourth-order valence-corrected chi connectivity index (χ4v) is 2.98. The lowest BCUT2D eigenvalue weighted by Gasteiger charge is -2.30. The summed E-state index contributed by atoms with van der Waals surface area (Å²) in [7, 11) is 0. The molecule has 100 valence electrons. The maximum atomic E-state index is 10.9. The molecule has 1 N–H and O–H groups in total. The van der Waals surface area contributed by atoms with Crippen molar-refractivity contribution in [3.8, 4) is 0 Å². The number of allylic oxidation sites excluding steroid dienone is 1. The summed E-state index contributed by atoms with van der Waals surface area (Å²) in [6.45, 7) is 6.11. The number of hydrogen-bond donors (Lipinski definition) is 1. The van der Waals surface area contributed by atoms with E-state index in [0.29, 0.717) is 17.4 Å². The van der Waals surface area contributed by atoms with E-state index in [1.54, 1.807) is 12.1 Å². The molecule has 1 aliphatic rings. The summed E-state index contributed by atoms with van der Waals surface area (Å²) in [4.78, 5) is 10.9. The average Bonchev–Trinajstić information content (AvgIpc) is 2.42. The van der Waals surface area contributed by atoms with Crippen LogP contribution in [-0.4, -0.2) is 11.1 Å². The minimum Gasteiger partial charge on any atom is -0.478 e. The van der Waals surface area contributed by atoms with E-state index in [-0.39, 0.29) is 0 Å². The molecule has 2 unspecified atom stereocenters. The van der Waals surface area contributed by atoms with E-state index in [2.05, 4.69) is 19.2 Å². The van der Waals surface area contributed by atoms with Gasteiger partial charge in [-0.1, -0.05) is 44.9 Å². The Balaban J connectivity index is 2.27. The van der Waals surface area contributed by atoms with Gasteiger partial charge in [-0.25, -0.2) is 4.79 Å². The Morgan fingerprint density at radius 3 is 2.32 bits per heavy atom. The Morgan fingerprint density at radius 1 is 1.21 bits per heavy atom. The number of carboxylic acids is 1. The summed E-state index contributed by atoms with van der Waals surface area (Å²) >= 11 is 0. The van der Waals surface area contributed by atoms with Gasteiger partial charge in [-0.05, 0) is 36.0 Å². The van der Waals surface area contributed by atoms with Crippen LogP contribution in [0.4, 0.5) is 0 Å². The normalized spacial score (nSPS) is 22.6. The van der Waals surface area contributed by atoms with Crippen LogP contribution in [0.1, 0.15) is 48.5 Å². The topological polar surface area (TPSA) is 37.3 Å². The largest absolute Gasteiger partial charge is 0.478 e. The standard InChI is InChI=1S/C17H20O2/c1-3-15(16-7-5-4-6-12(16)2)13-8-10-14(11-9-13)17(18)19/h8-12,16H,1,4-7H2,2H3,(H,18,19). The molecule has 0 aliphatic heterocycles. The van der Waals surface area contributed by atoms with E-state index in [0.717, 1.165) is 11.1 Å². The zero-order valence-corrected chi connectivity index (χ0v) is 11.4. The molecule has 0 spiro atoms. The maximum Gasteiger partial charge on any atom is 0.335 e. The van der Waals surface area contributed by atoms with Crippen LogP contribution in [-0.2, 0) is 0 Å². The maximum absolute atomic E-state index is 10.9. The predicted octanol–water partition coefficient (Wildman–Crippen LogP) is 4.38. The molecule has 0 amide bonds. The van der Waals surface area contributed by atoms with E-state index >= 15 is 0 Å². The number of carboxylic acid groups (broad SMARTS) is 1. The molecule has 0 aromatic heterocycles. The van der Waals surface area contributed by atoms with Gasteiger partial charge in [0.1, 0.15) is 0 Å². The molecular weight excluding hydrogens is 236 g/mol. The van der Waals surface area contributed by atoms with Crippen LogP contribution in [0.2, 0.25) is 0 Å². The lowest BCUT2D eigenvalue weighted by molar-refractivity contribution is 0.0697. The zero-order chi connectivity index (χ0) is 13.8. The van der Waals surface area contributed by atoms with Crippen LogP contribution < -0.4 is 0 Å². The van der Waals surface area contributed by atoms with Crippen molar-refractivity contribution in [1.82, 2.24) is 0 Å². The summed E-state index contributed by atoms with van der Waals surface area (Å²) < 4.78 is 0. The van der Waals surface area contributed by atoms with Crippen molar-refractivity contribution < 1.29 is 9.90 Å². The van der Waals surface area contributed by atoms with Gasteiger partial charge >= 0.3 is 5.97 Å². The lowest BCUT2D eigenvalue weighted by atomic mass is 9.74. The second kappa shape index (κ2) is 5.90. The van der Waals surface area contributed by atoms with Crippen molar-refractivity contribution in [3.05, 3.63) is 47.7 Å². The Kier molecular flexibility index (Phi) is 4.24. The average molecular weight is 256 g/mol. The van der Waals surface area contributed by atoms with Gasteiger partial charge in [-0.15, -0.1) is 5.73 Å². The fraction of sp³-hybridized carbons (Fsp3) is 0.412. The second-order valence-corrected chi connectivity index (χ2v) is 5.34. The van der Waals surface area contributed by atoms with E-state index in [9.17, 15) is 4.79 Å². The molecule has 1 aromatic rings. The molecule has 2 heteroatoms. The minimum absolute atomic E-state index is 0.323. The quantitative estimate of drug-likeness (QED) is 0.815. The first-order valence-electron chi connectivity index (χ1n) is 6.87. The first-order valence-corrected chi connectivity index (χ1v) is 6.87. The number of rotatable bonds is 3. The van der Waals surface area contributed by atoms with Crippen molar-refractivity contribution in [2.24, 2.45) is 11.8 Å². The van der Waals surface area contributed by atoms with Crippen LogP contribution >= 0.6 is 0 Å². The Bertz CT molecular complexity index is 507. The van der Waals surface area contributed by atoms with Crippen molar-refractivity contribution in [3.63, 3.8) is 0 Å². The summed E-state index contributed by atoms with van der Waals surface area (Å²) in [6, 6.07) is 7.06. The van der Waals surface area contributed by atoms with Gasteiger partial charge in [-0.3, -0.25) is 0 Å². The highest BCUT2D eigenvalue weighted by atomic mass is 16.4. The molecule has 1 fully saturated rings. The molecule has 1 aromatic carbocycles. The number of aromatic carboxylic acids is 1. The molecule has 1 aliphatic carbocycles. The highest BCUT2D eigenvalue weighted by Crippen LogP contribution is 2.38.